The third-order valence-electron chi connectivity index (χ3n) is 1.20. The molecule has 1 rings (SSSR count). The maximum Gasteiger partial charge on any atom is 0.167 e. The number of benzene rings is 1. The van der Waals surface area contributed by atoms with Gasteiger partial charge in [0.2, 0.25) is 0 Å². The molecule has 0 saturated heterocycles. The Morgan fingerprint density at radius 1 is 1.27 bits per heavy atom. The Kier molecular flexibility index (Phi) is 2.85. The highest BCUT2D eigenvalue weighted by Gasteiger charge is 1.91. The first-order valence-electron chi connectivity index (χ1n) is 3.12. The summed E-state index contributed by atoms with van der Waals surface area (Å²) in [5, 5.41) is 7.98. The van der Waals surface area contributed by atoms with E-state index >= 15 is 0 Å². The SMILES string of the molecule is Cc1ccc(OONO)cc1. The van der Waals surface area contributed by atoms with E-state index in [1.54, 1.807) is 12.1 Å². The molecule has 0 spiro atoms. The van der Waals surface area contributed by atoms with E-state index in [-0.39, 0.29) is 0 Å². The fourth-order valence-corrected chi connectivity index (χ4v) is 0.661. The first-order valence-corrected chi connectivity index (χ1v) is 3.12. The topological polar surface area (TPSA) is 50.7 Å². The van der Waals surface area contributed by atoms with Crippen molar-refractivity contribution in [1.82, 2.24) is 5.64 Å². The van der Waals surface area contributed by atoms with Crippen LogP contribution in [0.25, 0.3) is 0 Å². The van der Waals surface area contributed by atoms with E-state index in [0.29, 0.717) is 5.75 Å². The Balaban J connectivity index is 2.52. The third kappa shape index (κ3) is 2.55. The van der Waals surface area contributed by atoms with Gasteiger partial charge in [0.05, 0.1) is 0 Å². The molecule has 0 aliphatic carbocycles. The van der Waals surface area contributed by atoms with E-state index in [0.717, 1.165) is 5.56 Å². The Hall–Kier alpha value is -1.10. The molecule has 0 aromatic heterocycles. The van der Waals surface area contributed by atoms with Crippen LogP contribution in [0, 0.1) is 6.92 Å². The van der Waals surface area contributed by atoms with Crippen LogP contribution in [0.3, 0.4) is 0 Å². The second-order valence-electron chi connectivity index (χ2n) is 2.07. The van der Waals surface area contributed by atoms with Gasteiger partial charge in [-0.2, -0.15) is 0 Å². The van der Waals surface area contributed by atoms with Crippen LogP contribution in [0.15, 0.2) is 24.3 Å². The van der Waals surface area contributed by atoms with Gasteiger partial charge in [0, 0.05) is 0 Å². The molecule has 0 saturated carbocycles. The van der Waals surface area contributed by atoms with Crippen molar-refractivity contribution in [2.24, 2.45) is 0 Å². The molecule has 0 unspecified atom stereocenters. The van der Waals surface area contributed by atoms with Crippen molar-refractivity contribution >= 4 is 0 Å². The molecule has 0 bridgehead atoms. The average Bonchev–Trinajstić information content (AvgIpc) is 2.04. The van der Waals surface area contributed by atoms with Crippen LogP contribution in [-0.2, 0) is 4.99 Å². The standard InChI is InChI=1S/C7H9NO3/c1-6-2-4-7(5-3-6)10-11-8-9/h2-5,8-9H,1H3. The van der Waals surface area contributed by atoms with Gasteiger partial charge in [-0.3, -0.25) is 5.21 Å². The van der Waals surface area contributed by atoms with Crippen LogP contribution in [-0.4, -0.2) is 5.21 Å². The summed E-state index contributed by atoms with van der Waals surface area (Å²) < 4.78 is 0. The van der Waals surface area contributed by atoms with Gasteiger partial charge in [-0.25, -0.2) is 0 Å². The Bertz CT molecular complexity index is 209. The largest absolute Gasteiger partial charge is 0.318 e. The smallest absolute Gasteiger partial charge is 0.167 e. The summed E-state index contributed by atoms with van der Waals surface area (Å²) in [4.78, 5) is 8.61. The number of aryl methyl sites for hydroxylation is 1. The lowest BCUT2D eigenvalue weighted by Crippen LogP contribution is -2.11. The summed E-state index contributed by atoms with van der Waals surface area (Å²) in [5.74, 6) is 0.525. The van der Waals surface area contributed by atoms with Crippen LogP contribution in [0.1, 0.15) is 5.56 Å². The molecule has 11 heavy (non-hydrogen) atoms. The van der Waals surface area contributed by atoms with Crippen molar-refractivity contribution in [3.63, 3.8) is 0 Å². The van der Waals surface area contributed by atoms with Crippen molar-refractivity contribution in [2.45, 2.75) is 6.92 Å². The summed E-state index contributed by atoms with van der Waals surface area (Å²) in [6, 6.07) is 7.20. The molecule has 0 amide bonds. The molecule has 2 N–H and O–H groups in total. The van der Waals surface area contributed by atoms with Gasteiger partial charge in [-0.15, -0.1) is 0 Å². The maximum absolute atomic E-state index is 7.98. The zero-order chi connectivity index (χ0) is 8.10. The Labute approximate surface area is 64.2 Å². The van der Waals surface area contributed by atoms with Crippen LogP contribution in [0.5, 0.6) is 5.75 Å². The van der Waals surface area contributed by atoms with Crippen LogP contribution in [0.4, 0.5) is 0 Å². The molecule has 1 aromatic carbocycles. The molecule has 0 aliphatic heterocycles. The van der Waals surface area contributed by atoms with Gasteiger partial charge in [0.25, 0.3) is 0 Å². The van der Waals surface area contributed by atoms with Crippen LogP contribution < -0.4 is 10.5 Å². The maximum atomic E-state index is 7.98. The summed E-state index contributed by atoms with van der Waals surface area (Å²) in [7, 11) is 0. The zero-order valence-electron chi connectivity index (χ0n) is 6.07. The highest BCUT2D eigenvalue weighted by molar-refractivity contribution is 5.25. The number of nitrogens with one attached hydrogen (secondary N) is 1. The fourth-order valence-electron chi connectivity index (χ4n) is 0.661. The molecule has 0 fully saturated rings. The first kappa shape index (κ1) is 8.00. The quantitative estimate of drug-likeness (QED) is 0.508. The lowest BCUT2D eigenvalue weighted by Gasteiger charge is -2.00. The van der Waals surface area contributed by atoms with E-state index in [9.17, 15) is 0 Å². The van der Waals surface area contributed by atoms with Gasteiger partial charge >= 0.3 is 0 Å². The molecule has 0 heterocycles. The van der Waals surface area contributed by atoms with E-state index in [1.165, 1.54) is 5.64 Å². The molecular weight excluding hydrogens is 146 g/mol. The third-order valence-corrected chi connectivity index (χ3v) is 1.20. The predicted octanol–water partition coefficient (Wildman–Crippen LogP) is 1.20. The Morgan fingerprint density at radius 3 is 2.45 bits per heavy atom. The Morgan fingerprint density at radius 2 is 1.91 bits per heavy atom. The minimum Gasteiger partial charge on any atom is -0.318 e. The lowest BCUT2D eigenvalue weighted by atomic mass is 10.2. The van der Waals surface area contributed by atoms with Gasteiger partial charge in [0.15, 0.2) is 5.75 Å². The monoisotopic (exact) mass is 155 g/mol. The first-order chi connectivity index (χ1) is 5.33. The van der Waals surface area contributed by atoms with Crippen LogP contribution in [0.2, 0.25) is 0 Å². The second-order valence-corrected chi connectivity index (χ2v) is 2.07. The number of hydrogen-bond donors (Lipinski definition) is 2. The molecule has 0 radical (unpaired) electrons. The van der Waals surface area contributed by atoms with Crippen molar-refractivity contribution in [2.75, 3.05) is 0 Å². The number of hydrogen-bond acceptors (Lipinski definition) is 4. The molecule has 1 aromatic rings. The van der Waals surface area contributed by atoms with Crippen LogP contribution >= 0.6 is 0 Å². The van der Waals surface area contributed by atoms with Crippen molar-refractivity contribution in [3.8, 4) is 5.75 Å². The van der Waals surface area contributed by atoms with Gasteiger partial charge in [-0.05, 0) is 24.7 Å². The molecule has 0 atom stereocenters. The predicted molar refractivity (Wildman–Crippen MR) is 37.8 cm³/mol. The average molecular weight is 155 g/mol. The molecule has 0 aliphatic rings. The second kappa shape index (κ2) is 3.92. The fraction of sp³-hybridized carbons (Fsp3) is 0.143. The highest BCUT2D eigenvalue weighted by atomic mass is 17.3. The van der Waals surface area contributed by atoms with Crippen molar-refractivity contribution < 1.29 is 15.1 Å². The lowest BCUT2D eigenvalue weighted by molar-refractivity contribution is -0.328. The molecule has 4 heteroatoms. The summed E-state index contributed by atoms with van der Waals surface area (Å²) in [5.41, 5.74) is 2.54. The van der Waals surface area contributed by atoms with E-state index < -0.39 is 0 Å². The minimum atomic E-state index is 0.525. The normalized spacial score (nSPS) is 9.64. The number of rotatable bonds is 3. The van der Waals surface area contributed by atoms with Crippen molar-refractivity contribution in [3.05, 3.63) is 29.8 Å². The minimum absolute atomic E-state index is 0.525. The van der Waals surface area contributed by atoms with Gasteiger partial charge in [0.1, 0.15) is 0 Å². The summed E-state index contributed by atoms with van der Waals surface area (Å²) >= 11 is 0. The molecular formula is C7H9NO3. The van der Waals surface area contributed by atoms with Crippen molar-refractivity contribution in [1.29, 1.82) is 0 Å². The van der Waals surface area contributed by atoms with E-state index in [2.05, 4.69) is 9.88 Å². The van der Waals surface area contributed by atoms with Gasteiger partial charge < -0.3 is 4.89 Å². The summed E-state index contributed by atoms with van der Waals surface area (Å²) in [6.45, 7) is 1.97. The van der Waals surface area contributed by atoms with E-state index in [1.807, 2.05) is 19.1 Å². The van der Waals surface area contributed by atoms with Gasteiger partial charge in [-0.1, -0.05) is 22.7 Å². The zero-order valence-corrected chi connectivity index (χ0v) is 6.07. The molecule has 4 nitrogen and oxygen atoms in total. The highest BCUT2D eigenvalue weighted by Crippen LogP contribution is 2.10. The van der Waals surface area contributed by atoms with E-state index in [4.69, 9.17) is 5.21 Å². The summed E-state index contributed by atoms with van der Waals surface area (Å²) in [6.07, 6.45) is 0. The molecule has 60 valence electrons.